The predicted molar refractivity (Wildman–Crippen MR) is 145 cm³/mol. The number of methoxy groups -OCH3 is 1. The summed E-state index contributed by atoms with van der Waals surface area (Å²) in [6.07, 6.45) is 0. The van der Waals surface area contributed by atoms with Gasteiger partial charge in [0.2, 0.25) is 8.32 Å². The molecule has 0 fully saturated rings. The summed E-state index contributed by atoms with van der Waals surface area (Å²) >= 11 is 3.74. The van der Waals surface area contributed by atoms with Crippen molar-refractivity contribution in [3.63, 3.8) is 0 Å². The van der Waals surface area contributed by atoms with Crippen LogP contribution in [0.5, 0.6) is 11.5 Å². The van der Waals surface area contributed by atoms with Crippen molar-refractivity contribution in [2.24, 2.45) is 0 Å². The van der Waals surface area contributed by atoms with Gasteiger partial charge < -0.3 is 13.9 Å². The van der Waals surface area contributed by atoms with E-state index in [0.29, 0.717) is 29.8 Å². The summed E-state index contributed by atoms with van der Waals surface area (Å²) in [6.45, 7) is 15.0. The average molecular weight is 530 g/mol. The summed E-state index contributed by atoms with van der Waals surface area (Å²) in [5.41, 5.74) is 3.90. The van der Waals surface area contributed by atoms with Gasteiger partial charge >= 0.3 is 0 Å². The Labute approximate surface area is 208 Å². The molecule has 33 heavy (non-hydrogen) atoms. The van der Waals surface area contributed by atoms with Crippen LogP contribution in [-0.2, 0) is 17.6 Å². The minimum atomic E-state index is -1.96. The molecule has 0 aliphatic rings. The molecule has 0 aliphatic heterocycles. The molecule has 0 saturated heterocycles. The predicted octanol–water partition coefficient (Wildman–Crippen LogP) is 8.88. The molecule has 178 valence electrons. The third-order valence-corrected chi connectivity index (χ3v) is 13.4. The first kappa shape index (κ1) is 25.8. The fourth-order valence-corrected chi connectivity index (χ4v) is 11.1. The van der Waals surface area contributed by atoms with Gasteiger partial charge in [-0.1, -0.05) is 87.8 Å². The SMILES string of the molecule is COc1cc(CO[Si](C(C)C)(C(C)C)C(C)C)cc2c(Br)ccc(OCc3ccccc3)c12. The number of benzene rings is 3. The van der Waals surface area contributed by atoms with Crippen LogP contribution in [0.4, 0.5) is 0 Å². The number of hydrogen-bond acceptors (Lipinski definition) is 3. The van der Waals surface area contributed by atoms with Crippen molar-refractivity contribution < 1.29 is 13.9 Å². The highest BCUT2D eigenvalue weighted by atomic mass is 79.9. The van der Waals surface area contributed by atoms with Crippen LogP contribution >= 0.6 is 15.9 Å². The molecule has 3 aromatic carbocycles. The molecule has 3 rings (SSSR count). The highest BCUT2D eigenvalue weighted by Crippen LogP contribution is 2.44. The largest absolute Gasteiger partial charge is 0.496 e. The van der Waals surface area contributed by atoms with Gasteiger partial charge in [0.1, 0.15) is 18.1 Å². The zero-order valence-electron chi connectivity index (χ0n) is 20.9. The van der Waals surface area contributed by atoms with Gasteiger partial charge in [-0.3, -0.25) is 0 Å². The molecule has 0 bridgehead atoms. The van der Waals surface area contributed by atoms with Gasteiger partial charge in [0.05, 0.1) is 19.1 Å². The Morgan fingerprint density at radius 3 is 1.97 bits per heavy atom. The summed E-state index contributed by atoms with van der Waals surface area (Å²) in [5, 5.41) is 2.05. The van der Waals surface area contributed by atoms with Crippen molar-refractivity contribution in [1.82, 2.24) is 0 Å². The highest BCUT2D eigenvalue weighted by molar-refractivity contribution is 9.10. The van der Waals surface area contributed by atoms with Crippen molar-refractivity contribution >= 4 is 35.0 Å². The molecule has 0 aliphatic carbocycles. The fourth-order valence-electron chi connectivity index (χ4n) is 5.25. The minimum Gasteiger partial charge on any atom is -0.496 e. The second kappa shape index (κ2) is 11.1. The third kappa shape index (κ3) is 5.47. The molecule has 0 spiro atoms. The standard InChI is InChI=1S/C28H37BrO3Si/c1-19(2)33(20(3)4,21(5)6)32-18-23-15-24-25(29)13-14-26(28(24)27(16-23)30-7)31-17-22-11-9-8-10-12-22/h8-16,19-21H,17-18H2,1-7H3. The van der Waals surface area contributed by atoms with E-state index in [9.17, 15) is 0 Å². The van der Waals surface area contributed by atoms with Crippen LogP contribution < -0.4 is 9.47 Å². The molecule has 0 atom stereocenters. The highest BCUT2D eigenvalue weighted by Gasteiger charge is 2.45. The van der Waals surface area contributed by atoms with Crippen molar-refractivity contribution in [2.75, 3.05) is 7.11 Å². The van der Waals surface area contributed by atoms with Crippen LogP contribution in [-0.4, -0.2) is 15.4 Å². The van der Waals surface area contributed by atoms with Gasteiger partial charge in [-0.25, -0.2) is 0 Å². The Hall–Kier alpha value is -1.82. The molecular weight excluding hydrogens is 492 g/mol. The van der Waals surface area contributed by atoms with Crippen molar-refractivity contribution in [3.8, 4) is 11.5 Å². The smallest absolute Gasteiger partial charge is 0.200 e. The van der Waals surface area contributed by atoms with E-state index < -0.39 is 8.32 Å². The van der Waals surface area contributed by atoms with Crippen molar-refractivity contribution in [1.29, 1.82) is 0 Å². The number of hydrogen-bond donors (Lipinski definition) is 0. The molecule has 0 amide bonds. The molecule has 3 nitrogen and oxygen atoms in total. The van der Waals surface area contributed by atoms with Gasteiger partial charge in [0, 0.05) is 9.86 Å². The van der Waals surface area contributed by atoms with Gasteiger partial charge in [0.15, 0.2) is 0 Å². The molecule has 0 radical (unpaired) electrons. The second-order valence-corrected chi connectivity index (χ2v) is 16.0. The summed E-state index contributed by atoms with van der Waals surface area (Å²) in [6, 6.07) is 18.6. The van der Waals surface area contributed by atoms with E-state index >= 15 is 0 Å². The lowest BCUT2D eigenvalue weighted by Gasteiger charge is -2.42. The lowest BCUT2D eigenvalue weighted by molar-refractivity contribution is 0.265. The van der Waals surface area contributed by atoms with Crippen LogP contribution in [0.15, 0.2) is 59.1 Å². The van der Waals surface area contributed by atoms with Gasteiger partial charge in [0.25, 0.3) is 0 Å². The summed E-state index contributed by atoms with van der Waals surface area (Å²) in [7, 11) is -0.238. The van der Waals surface area contributed by atoms with Crippen LogP contribution in [0.2, 0.25) is 16.6 Å². The van der Waals surface area contributed by atoms with Crippen LogP contribution in [0, 0.1) is 0 Å². The van der Waals surface area contributed by atoms with Gasteiger partial charge in [-0.05, 0) is 52.0 Å². The Bertz CT molecular complexity index is 1040. The molecule has 0 aromatic heterocycles. The van der Waals surface area contributed by atoms with E-state index in [4.69, 9.17) is 13.9 Å². The maximum absolute atomic E-state index is 6.86. The maximum Gasteiger partial charge on any atom is 0.200 e. The summed E-state index contributed by atoms with van der Waals surface area (Å²) in [4.78, 5) is 0. The topological polar surface area (TPSA) is 27.7 Å². The summed E-state index contributed by atoms with van der Waals surface area (Å²) in [5.74, 6) is 1.62. The van der Waals surface area contributed by atoms with E-state index in [1.54, 1.807) is 7.11 Å². The molecule has 0 saturated carbocycles. The monoisotopic (exact) mass is 528 g/mol. The number of fused-ring (bicyclic) bond motifs is 1. The molecule has 0 unspecified atom stereocenters. The van der Waals surface area contributed by atoms with Gasteiger partial charge in [-0.2, -0.15) is 0 Å². The lowest BCUT2D eigenvalue weighted by Crippen LogP contribution is -2.47. The normalized spacial score (nSPS) is 12.2. The lowest BCUT2D eigenvalue weighted by atomic mass is 10.0. The Balaban J connectivity index is 1.96. The first-order valence-corrected chi connectivity index (χ1v) is 14.7. The first-order valence-electron chi connectivity index (χ1n) is 11.8. The first-order chi connectivity index (χ1) is 15.7. The van der Waals surface area contributed by atoms with E-state index in [0.717, 1.165) is 37.9 Å². The van der Waals surface area contributed by atoms with Crippen molar-refractivity contribution in [2.45, 2.75) is 71.4 Å². The van der Waals surface area contributed by atoms with Crippen LogP contribution in [0.3, 0.4) is 0 Å². The van der Waals surface area contributed by atoms with E-state index in [1.807, 2.05) is 30.3 Å². The van der Waals surface area contributed by atoms with E-state index in [-0.39, 0.29) is 0 Å². The third-order valence-electron chi connectivity index (χ3n) is 6.70. The Kier molecular flexibility index (Phi) is 8.65. The molecule has 3 aromatic rings. The minimum absolute atomic E-state index is 0.511. The van der Waals surface area contributed by atoms with Gasteiger partial charge in [-0.15, -0.1) is 0 Å². The zero-order valence-corrected chi connectivity index (χ0v) is 23.5. The molecule has 5 heteroatoms. The zero-order chi connectivity index (χ0) is 24.2. The molecular formula is C28H37BrO3Si. The quantitative estimate of drug-likeness (QED) is 0.246. The van der Waals surface area contributed by atoms with E-state index in [1.165, 1.54) is 0 Å². The molecule has 0 N–H and O–H groups in total. The number of rotatable bonds is 10. The van der Waals surface area contributed by atoms with Crippen molar-refractivity contribution in [3.05, 3.63) is 70.2 Å². The van der Waals surface area contributed by atoms with Crippen LogP contribution in [0.25, 0.3) is 10.8 Å². The maximum atomic E-state index is 6.86. The second-order valence-electron chi connectivity index (χ2n) is 9.65. The Morgan fingerprint density at radius 1 is 0.758 bits per heavy atom. The average Bonchev–Trinajstić information content (AvgIpc) is 2.78. The summed E-state index contributed by atoms with van der Waals surface area (Å²) < 4.78 is 20.0. The van der Waals surface area contributed by atoms with Crippen LogP contribution in [0.1, 0.15) is 52.7 Å². The number of halogens is 1. The Morgan fingerprint density at radius 2 is 1.39 bits per heavy atom. The van der Waals surface area contributed by atoms with E-state index in [2.05, 4.69) is 81.7 Å². The molecule has 0 heterocycles. The number of ether oxygens (including phenoxy) is 2. The fraction of sp³-hybridized carbons (Fsp3) is 0.429.